The molecule has 1 aromatic carbocycles. The van der Waals surface area contributed by atoms with Crippen molar-refractivity contribution < 1.29 is 4.39 Å². The van der Waals surface area contributed by atoms with Gasteiger partial charge in [0.15, 0.2) is 0 Å². The average Bonchev–Trinajstić information content (AvgIpc) is 3.07. The van der Waals surface area contributed by atoms with Crippen LogP contribution in [0.1, 0.15) is 17.0 Å². The fraction of sp³-hybridized carbons (Fsp3) is 0.143. The third-order valence-corrected chi connectivity index (χ3v) is 3.15. The van der Waals surface area contributed by atoms with Crippen LogP contribution in [0.15, 0.2) is 42.0 Å². The van der Waals surface area contributed by atoms with Crippen LogP contribution < -0.4 is 0 Å². The third kappa shape index (κ3) is 2.58. The highest BCUT2D eigenvalue weighted by molar-refractivity contribution is 5.82. The Morgan fingerprint density at radius 2 is 1.76 bits per heavy atom. The molecule has 2 aromatic heterocycles. The molecular weight excluding hydrogens is 271 g/mol. The second-order valence-electron chi connectivity index (χ2n) is 4.56. The van der Waals surface area contributed by atoms with Crippen LogP contribution in [-0.2, 0) is 0 Å². The van der Waals surface area contributed by atoms with Gasteiger partial charge in [-0.2, -0.15) is 10.2 Å². The Morgan fingerprint density at radius 3 is 2.43 bits per heavy atom. The van der Waals surface area contributed by atoms with E-state index < -0.39 is 0 Å². The zero-order valence-electron chi connectivity index (χ0n) is 11.6. The molecule has 7 heteroatoms. The van der Waals surface area contributed by atoms with E-state index in [2.05, 4.69) is 20.4 Å². The summed E-state index contributed by atoms with van der Waals surface area (Å²) in [6.45, 7) is 3.84. The molecule has 0 atom stereocenters. The van der Waals surface area contributed by atoms with Crippen LogP contribution in [-0.4, -0.2) is 30.9 Å². The summed E-state index contributed by atoms with van der Waals surface area (Å²) < 4.78 is 16.3. The van der Waals surface area contributed by atoms with Crippen molar-refractivity contribution in [2.24, 2.45) is 5.10 Å². The Balaban J connectivity index is 1.98. The van der Waals surface area contributed by atoms with E-state index >= 15 is 0 Å². The normalized spacial score (nSPS) is 11.4. The second kappa shape index (κ2) is 5.28. The molecule has 21 heavy (non-hydrogen) atoms. The summed E-state index contributed by atoms with van der Waals surface area (Å²) >= 11 is 0. The molecule has 0 fully saturated rings. The first kappa shape index (κ1) is 13.2. The molecule has 0 amide bonds. The number of nitrogens with zero attached hydrogens (tertiary/aromatic N) is 6. The van der Waals surface area contributed by atoms with Crippen molar-refractivity contribution in [3.05, 3.63) is 59.7 Å². The maximum Gasteiger partial charge on any atom is 0.141 e. The summed E-state index contributed by atoms with van der Waals surface area (Å²) in [5.41, 5.74) is 3.48. The van der Waals surface area contributed by atoms with Crippen LogP contribution in [0.4, 0.5) is 4.39 Å². The molecule has 0 unspecified atom stereocenters. The van der Waals surface area contributed by atoms with E-state index in [4.69, 9.17) is 0 Å². The monoisotopic (exact) mass is 284 g/mol. The fourth-order valence-corrected chi connectivity index (χ4v) is 2.05. The SMILES string of the molecule is Cc1nn(-c2ccc(F)cc2)c(C)c1C=Nn1cnnc1. The van der Waals surface area contributed by atoms with Crippen LogP contribution in [0.25, 0.3) is 5.69 Å². The molecule has 0 spiro atoms. The summed E-state index contributed by atoms with van der Waals surface area (Å²) in [5.74, 6) is -0.269. The van der Waals surface area contributed by atoms with Crippen molar-refractivity contribution in [3.63, 3.8) is 0 Å². The van der Waals surface area contributed by atoms with E-state index in [-0.39, 0.29) is 5.82 Å². The van der Waals surface area contributed by atoms with E-state index in [1.165, 1.54) is 29.5 Å². The molecule has 0 aliphatic rings. The molecule has 0 saturated carbocycles. The zero-order chi connectivity index (χ0) is 14.8. The fourth-order valence-electron chi connectivity index (χ4n) is 2.05. The number of aromatic nitrogens is 5. The Bertz CT molecular complexity index is 771. The van der Waals surface area contributed by atoms with E-state index in [0.717, 1.165) is 22.6 Å². The minimum absolute atomic E-state index is 0.269. The third-order valence-electron chi connectivity index (χ3n) is 3.15. The largest absolute Gasteiger partial charge is 0.237 e. The summed E-state index contributed by atoms with van der Waals surface area (Å²) in [6, 6.07) is 6.21. The molecule has 3 aromatic rings. The topological polar surface area (TPSA) is 60.9 Å². The van der Waals surface area contributed by atoms with Crippen molar-refractivity contribution in [3.8, 4) is 5.69 Å². The smallest absolute Gasteiger partial charge is 0.141 e. The van der Waals surface area contributed by atoms with Gasteiger partial charge in [-0.15, -0.1) is 10.2 Å². The Kier molecular flexibility index (Phi) is 3.31. The van der Waals surface area contributed by atoms with Crippen LogP contribution in [0, 0.1) is 19.7 Å². The van der Waals surface area contributed by atoms with Crippen LogP contribution in [0.5, 0.6) is 0 Å². The molecule has 2 heterocycles. The van der Waals surface area contributed by atoms with Gasteiger partial charge in [-0.25, -0.2) is 13.7 Å². The molecule has 106 valence electrons. The van der Waals surface area contributed by atoms with E-state index in [1.807, 2.05) is 13.8 Å². The van der Waals surface area contributed by atoms with Gasteiger partial charge in [-0.05, 0) is 38.1 Å². The van der Waals surface area contributed by atoms with E-state index in [0.29, 0.717) is 0 Å². The van der Waals surface area contributed by atoms with Gasteiger partial charge in [-0.3, -0.25) is 0 Å². The molecule has 0 saturated heterocycles. The average molecular weight is 284 g/mol. The first-order valence-electron chi connectivity index (χ1n) is 6.36. The lowest BCUT2D eigenvalue weighted by Crippen LogP contribution is -1.99. The Labute approximate surface area is 120 Å². The van der Waals surface area contributed by atoms with Crippen LogP contribution >= 0.6 is 0 Å². The Morgan fingerprint density at radius 1 is 1.10 bits per heavy atom. The number of halogens is 1. The molecule has 0 aliphatic carbocycles. The second-order valence-corrected chi connectivity index (χ2v) is 4.56. The maximum atomic E-state index is 13.0. The van der Waals surface area contributed by atoms with Crippen molar-refractivity contribution in [1.82, 2.24) is 24.7 Å². The predicted octanol–water partition coefficient (Wildman–Crippen LogP) is 2.10. The Hall–Kier alpha value is -2.83. The van der Waals surface area contributed by atoms with E-state index in [9.17, 15) is 4.39 Å². The van der Waals surface area contributed by atoms with Crippen molar-refractivity contribution >= 4 is 6.21 Å². The van der Waals surface area contributed by atoms with E-state index in [1.54, 1.807) is 23.0 Å². The van der Waals surface area contributed by atoms with Crippen LogP contribution in [0.2, 0.25) is 0 Å². The number of rotatable bonds is 3. The highest BCUT2D eigenvalue weighted by Gasteiger charge is 2.11. The standard InChI is InChI=1S/C14H13FN6/c1-10-14(7-18-20-8-16-17-9-20)11(2)21(19-10)13-5-3-12(15)4-6-13/h3-9H,1-2H3. The molecule has 0 bridgehead atoms. The molecule has 0 N–H and O–H groups in total. The van der Waals surface area contributed by atoms with Gasteiger partial charge in [0.2, 0.25) is 0 Å². The number of hydrogen-bond donors (Lipinski definition) is 0. The van der Waals surface area contributed by atoms with Crippen molar-refractivity contribution in [2.45, 2.75) is 13.8 Å². The van der Waals surface area contributed by atoms with Crippen molar-refractivity contribution in [1.29, 1.82) is 0 Å². The summed E-state index contributed by atoms with van der Waals surface area (Å²) in [5, 5.41) is 16.1. The number of hydrogen-bond acceptors (Lipinski definition) is 4. The van der Waals surface area contributed by atoms with Gasteiger partial charge in [0.25, 0.3) is 0 Å². The van der Waals surface area contributed by atoms with Crippen LogP contribution in [0.3, 0.4) is 0 Å². The lowest BCUT2D eigenvalue weighted by molar-refractivity contribution is 0.627. The van der Waals surface area contributed by atoms with Gasteiger partial charge < -0.3 is 0 Å². The van der Waals surface area contributed by atoms with Gasteiger partial charge in [0, 0.05) is 5.56 Å². The molecular formula is C14H13FN6. The van der Waals surface area contributed by atoms with Gasteiger partial charge in [0.05, 0.1) is 23.3 Å². The minimum Gasteiger partial charge on any atom is -0.237 e. The zero-order valence-corrected chi connectivity index (χ0v) is 11.6. The maximum absolute atomic E-state index is 13.0. The first-order chi connectivity index (χ1) is 10.1. The lowest BCUT2D eigenvalue weighted by Gasteiger charge is -2.04. The lowest BCUT2D eigenvalue weighted by atomic mass is 10.2. The number of benzene rings is 1. The highest BCUT2D eigenvalue weighted by Crippen LogP contribution is 2.16. The minimum atomic E-state index is -0.269. The first-order valence-corrected chi connectivity index (χ1v) is 6.36. The van der Waals surface area contributed by atoms with Gasteiger partial charge in [-0.1, -0.05) is 0 Å². The molecule has 0 radical (unpaired) electrons. The summed E-state index contributed by atoms with van der Waals surface area (Å²) in [6.07, 6.45) is 4.72. The summed E-state index contributed by atoms with van der Waals surface area (Å²) in [7, 11) is 0. The quantitative estimate of drug-likeness (QED) is 0.692. The molecule has 0 aliphatic heterocycles. The predicted molar refractivity (Wildman–Crippen MR) is 76.0 cm³/mol. The number of aryl methyl sites for hydroxylation is 1. The highest BCUT2D eigenvalue weighted by atomic mass is 19.1. The molecule has 6 nitrogen and oxygen atoms in total. The molecule has 3 rings (SSSR count). The summed E-state index contributed by atoms with van der Waals surface area (Å²) in [4.78, 5) is 0. The van der Waals surface area contributed by atoms with Gasteiger partial charge >= 0.3 is 0 Å². The van der Waals surface area contributed by atoms with Gasteiger partial charge in [0.1, 0.15) is 18.5 Å². The van der Waals surface area contributed by atoms with Crippen molar-refractivity contribution in [2.75, 3.05) is 0 Å².